The molecule has 0 unspecified atom stereocenters. The van der Waals surface area contributed by atoms with E-state index in [-0.39, 0.29) is 11.9 Å². The van der Waals surface area contributed by atoms with Crippen LogP contribution in [-0.4, -0.2) is 51.9 Å². The molecule has 1 fully saturated rings. The third kappa shape index (κ3) is 2.91. The Morgan fingerprint density at radius 1 is 1.33 bits per heavy atom. The van der Waals surface area contributed by atoms with Crippen LogP contribution in [0.1, 0.15) is 33.4 Å². The highest BCUT2D eigenvalue weighted by molar-refractivity contribution is 5.95. The number of piperazine rings is 1. The van der Waals surface area contributed by atoms with Gasteiger partial charge in [-0.2, -0.15) is 5.26 Å². The fourth-order valence-electron chi connectivity index (χ4n) is 3.18. The molecular formula is C18H21N5O. The summed E-state index contributed by atoms with van der Waals surface area (Å²) in [6.45, 7) is 3.98. The van der Waals surface area contributed by atoms with Gasteiger partial charge in [0.2, 0.25) is 0 Å². The second-order valence-electron chi connectivity index (χ2n) is 6.29. The van der Waals surface area contributed by atoms with E-state index in [4.69, 9.17) is 5.26 Å². The summed E-state index contributed by atoms with van der Waals surface area (Å²) >= 11 is 0. The summed E-state index contributed by atoms with van der Waals surface area (Å²) in [6.07, 6.45) is 3.71. The van der Waals surface area contributed by atoms with Crippen molar-refractivity contribution in [3.8, 4) is 6.07 Å². The van der Waals surface area contributed by atoms with Crippen LogP contribution in [0.15, 0.2) is 30.6 Å². The largest absolute Gasteiger partial charge is 0.337 e. The number of likely N-dealkylation sites (N-methyl/N-ethyl adjacent to an activating group) is 1. The molecule has 2 aromatic rings. The quantitative estimate of drug-likeness (QED) is 0.844. The molecule has 1 amide bonds. The molecular weight excluding hydrogens is 302 g/mol. The Morgan fingerprint density at radius 3 is 2.75 bits per heavy atom. The number of carbonyl (C=O) groups is 1. The molecule has 6 heteroatoms. The van der Waals surface area contributed by atoms with Gasteiger partial charge in [-0.05, 0) is 37.7 Å². The molecule has 1 aromatic carbocycles. The summed E-state index contributed by atoms with van der Waals surface area (Å²) in [5.41, 5.74) is 2.08. The van der Waals surface area contributed by atoms with Crippen LogP contribution in [0.2, 0.25) is 0 Å². The standard InChI is InChI=1S/C18H21N5O/c1-13-10-14(11-19)4-5-15(13)18(24)23-9-8-21(2)16(12-23)17-20-6-7-22(17)3/h4-7,10,16H,8-9,12H2,1-3H3/t16-/m0/s1. The predicted molar refractivity (Wildman–Crippen MR) is 90.4 cm³/mol. The molecule has 0 N–H and O–H groups in total. The molecule has 3 rings (SSSR count). The smallest absolute Gasteiger partial charge is 0.254 e. The number of nitriles is 1. The number of aromatic nitrogens is 2. The average molecular weight is 323 g/mol. The minimum Gasteiger partial charge on any atom is -0.337 e. The fraction of sp³-hybridized carbons (Fsp3) is 0.389. The van der Waals surface area contributed by atoms with Crippen molar-refractivity contribution in [1.29, 1.82) is 5.26 Å². The second-order valence-corrected chi connectivity index (χ2v) is 6.29. The van der Waals surface area contributed by atoms with E-state index >= 15 is 0 Å². The van der Waals surface area contributed by atoms with Crippen molar-refractivity contribution in [1.82, 2.24) is 19.4 Å². The topological polar surface area (TPSA) is 65.2 Å². The number of hydrogen-bond donors (Lipinski definition) is 0. The summed E-state index contributed by atoms with van der Waals surface area (Å²) < 4.78 is 2.00. The molecule has 2 heterocycles. The van der Waals surface area contributed by atoms with E-state index in [1.165, 1.54) is 0 Å². The molecule has 124 valence electrons. The first-order valence-corrected chi connectivity index (χ1v) is 7.98. The van der Waals surface area contributed by atoms with Crippen LogP contribution in [0.4, 0.5) is 0 Å². The number of aryl methyl sites for hydroxylation is 2. The number of nitrogens with zero attached hydrogens (tertiary/aromatic N) is 5. The average Bonchev–Trinajstić information content (AvgIpc) is 3.00. The summed E-state index contributed by atoms with van der Waals surface area (Å²) in [5.74, 6) is 0.982. The first-order valence-electron chi connectivity index (χ1n) is 7.98. The summed E-state index contributed by atoms with van der Waals surface area (Å²) in [7, 11) is 4.04. The third-order valence-corrected chi connectivity index (χ3v) is 4.68. The molecule has 0 saturated carbocycles. The molecule has 0 spiro atoms. The van der Waals surface area contributed by atoms with Crippen molar-refractivity contribution in [2.45, 2.75) is 13.0 Å². The normalized spacial score (nSPS) is 18.4. The zero-order chi connectivity index (χ0) is 17.3. The lowest BCUT2D eigenvalue weighted by Gasteiger charge is -2.39. The fourth-order valence-corrected chi connectivity index (χ4v) is 3.18. The zero-order valence-corrected chi connectivity index (χ0v) is 14.2. The lowest BCUT2D eigenvalue weighted by atomic mass is 10.0. The van der Waals surface area contributed by atoms with Gasteiger partial charge in [-0.3, -0.25) is 9.69 Å². The van der Waals surface area contributed by atoms with Crippen LogP contribution in [0.3, 0.4) is 0 Å². The first-order chi connectivity index (χ1) is 11.5. The van der Waals surface area contributed by atoms with Crippen molar-refractivity contribution < 1.29 is 4.79 Å². The highest BCUT2D eigenvalue weighted by Gasteiger charge is 2.31. The van der Waals surface area contributed by atoms with E-state index in [1.807, 2.05) is 29.6 Å². The molecule has 24 heavy (non-hydrogen) atoms. The van der Waals surface area contributed by atoms with Gasteiger partial charge < -0.3 is 9.47 Å². The highest BCUT2D eigenvalue weighted by atomic mass is 16.2. The van der Waals surface area contributed by atoms with Crippen LogP contribution in [0.25, 0.3) is 0 Å². The minimum atomic E-state index is 0.0179. The van der Waals surface area contributed by atoms with Crippen LogP contribution in [0.5, 0.6) is 0 Å². The van der Waals surface area contributed by atoms with Crippen LogP contribution in [-0.2, 0) is 7.05 Å². The van der Waals surface area contributed by atoms with Gasteiger partial charge in [0.15, 0.2) is 0 Å². The summed E-state index contributed by atoms with van der Waals surface area (Å²) in [4.78, 5) is 21.5. The number of rotatable bonds is 2. The van der Waals surface area contributed by atoms with E-state index in [0.717, 1.165) is 17.9 Å². The number of carbonyl (C=O) groups excluding carboxylic acids is 1. The number of hydrogen-bond acceptors (Lipinski definition) is 4. The van der Waals surface area contributed by atoms with Gasteiger partial charge in [-0.15, -0.1) is 0 Å². The van der Waals surface area contributed by atoms with Gasteiger partial charge in [0.05, 0.1) is 17.7 Å². The Balaban J connectivity index is 1.83. The Morgan fingerprint density at radius 2 is 2.12 bits per heavy atom. The van der Waals surface area contributed by atoms with E-state index in [2.05, 4.69) is 23.0 Å². The van der Waals surface area contributed by atoms with Crippen molar-refractivity contribution in [3.63, 3.8) is 0 Å². The molecule has 0 aliphatic carbocycles. The maximum atomic E-state index is 12.9. The maximum Gasteiger partial charge on any atom is 0.254 e. The van der Waals surface area contributed by atoms with E-state index in [0.29, 0.717) is 24.2 Å². The minimum absolute atomic E-state index is 0.0179. The Labute approximate surface area is 141 Å². The Kier molecular flexibility index (Phi) is 4.36. The molecule has 6 nitrogen and oxygen atoms in total. The highest BCUT2D eigenvalue weighted by Crippen LogP contribution is 2.24. The zero-order valence-electron chi connectivity index (χ0n) is 14.2. The molecule has 1 aromatic heterocycles. The van der Waals surface area contributed by atoms with Crippen molar-refractivity contribution in [3.05, 3.63) is 53.1 Å². The van der Waals surface area contributed by atoms with Crippen LogP contribution >= 0.6 is 0 Å². The lowest BCUT2D eigenvalue weighted by Crippen LogP contribution is -2.49. The third-order valence-electron chi connectivity index (χ3n) is 4.68. The molecule has 1 aliphatic rings. The van der Waals surface area contributed by atoms with Gasteiger partial charge in [0.1, 0.15) is 5.82 Å². The first kappa shape index (κ1) is 16.2. The van der Waals surface area contributed by atoms with Gasteiger partial charge in [-0.25, -0.2) is 4.98 Å². The molecule has 1 atom stereocenters. The monoisotopic (exact) mass is 323 g/mol. The summed E-state index contributed by atoms with van der Waals surface area (Å²) in [6, 6.07) is 7.41. The van der Waals surface area contributed by atoms with Crippen LogP contribution < -0.4 is 0 Å². The predicted octanol–water partition coefficient (Wildman–Crippen LogP) is 1.73. The summed E-state index contributed by atoms with van der Waals surface area (Å²) in [5, 5.41) is 8.98. The molecule has 1 aliphatic heterocycles. The van der Waals surface area contributed by atoms with E-state index in [1.54, 1.807) is 24.4 Å². The molecule has 0 radical (unpaired) electrons. The number of imidazole rings is 1. The van der Waals surface area contributed by atoms with Crippen molar-refractivity contribution in [2.75, 3.05) is 26.7 Å². The van der Waals surface area contributed by atoms with Gasteiger partial charge >= 0.3 is 0 Å². The molecule has 0 bridgehead atoms. The van der Waals surface area contributed by atoms with Gasteiger partial charge in [-0.1, -0.05) is 0 Å². The maximum absolute atomic E-state index is 12.9. The van der Waals surface area contributed by atoms with Crippen molar-refractivity contribution in [2.24, 2.45) is 7.05 Å². The second kappa shape index (κ2) is 6.46. The van der Waals surface area contributed by atoms with Gasteiger partial charge in [0.25, 0.3) is 5.91 Å². The van der Waals surface area contributed by atoms with Gasteiger partial charge in [0, 0.05) is 44.6 Å². The van der Waals surface area contributed by atoms with Crippen molar-refractivity contribution >= 4 is 5.91 Å². The van der Waals surface area contributed by atoms with E-state index in [9.17, 15) is 4.79 Å². The Hall–Kier alpha value is -2.65. The Bertz CT molecular complexity index is 804. The molecule has 1 saturated heterocycles. The van der Waals surface area contributed by atoms with E-state index < -0.39 is 0 Å². The number of benzene rings is 1. The number of amides is 1. The van der Waals surface area contributed by atoms with Crippen LogP contribution in [0, 0.1) is 18.3 Å². The lowest BCUT2D eigenvalue weighted by molar-refractivity contribution is 0.0528. The SMILES string of the molecule is Cc1cc(C#N)ccc1C(=O)N1CCN(C)[C@H](c2nccn2C)C1.